The van der Waals surface area contributed by atoms with Crippen LogP contribution in [0.3, 0.4) is 0 Å². The third kappa shape index (κ3) is 9.66. The summed E-state index contributed by atoms with van der Waals surface area (Å²) < 4.78 is 3.10. The Labute approximate surface area is 84.8 Å². The van der Waals surface area contributed by atoms with Gasteiger partial charge in [0.05, 0.1) is 0 Å². The fourth-order valence-corrected chi connectivity index (χ4v) is 2.52. The fraction of sp³-hybridized carbons (Fsp3) is 0.400. The predicted octanol–water partition coefficient (Wildman–Crippen LogP) is 2.35. The molecule has 0 N–H and O–H groups in total. The van der Waals surface area contributed by atoms with Gasteiger partial charge in [0.25, 0.3) is 0 Å². The Bertz CT molecular complexity index is 198. The van der Waals surface area contributed by atoms with Gasteiger partial charge in [-0.2, -0.15) is 0 Å². The molecule has 0 aliphatic rings. The van der Waals surface area contributed by atoms with Crippen LogP contribution in [0.1, 0.15) is 19.3 Å². The van der Waals surface area contributed by atoms with E-state index in [1.165, 1.54) is 17.2 Å². The Morgan fingerprint density at radius 2 is 2.25 bits per heavy atom. The fourth-order valence-electron chi connectivity index (χ4n) is 0.763. The molecule has 0 fully saturated rings. The third-order valence-electron chi connectivity index (χ3n) is 1.33. The number of hydrogen-bond donors (Lipinski definition) is 0. The van der Waals surface area contributed by atoms with Crippen LogP contribution in [0.5, 0.6) is 0 Å². The first-order valence-electron chi connectivity index (χ1n) is 4.07. The standard InChI is InChI=1S/C8H13.C2HN.Sb/c1-3-5-7-8-6-4-2;1-2-3;/h3,5,7H,1-2,4,6,8H2;1H;/b7-5+;;. The van der Waals surface area contributed by atoms with Crippen molar-refractivity contribution < 1.29 is 0 Å². The Balaban J connectivity index is 3.12. The van der Waals surface area contributed by atoms with Gasteiger partial charge in [0.15, 0.2) is 0 Å². The molecular formula is C10H14NSb. The van der Waals surface area contributed by atoms with Crippen molar-refractivity contribution >= 4 is 25.1 Å². The number of nitriles is 1. The second kappa shape index (κ2) is 10.7. The van der Waals surface area contributed by atoms with E-state index in [1.807, 2.05) is 10.0 Å². The van der Waals surface area contributed by atoms with Crippen LogP contribution < -0.4 is 0 Å². The molecule has 0 aliphatic heterocycles. The minimum absolute atomic E-state index is 0.246. The van der Waals surface area contributed by atoms with E-state index in [1.54, 1.807) is 6.08 Å². The minimum atomic E-state index is -0.246. The summed E-state index contributed by atoms with van der Waals surface area (Å²) in [5, 5.41) is 8.25. The summed E-state index contributed by atoms with van der Waals surface area (Å²) >= 11 is -0.246. The number of unbranched alkanes of at least 4 members (excludes halogenated alkanes) is 2. The zero-order valence-corrected chi connectivity index (χ0v) is 9.79. The van der Waals surface area contributed by atoms with E-state index in [-0.39, 0.29) is 21.1 Å². The molecule has 0 radical (unpaired) electrons. The molecule has 0 aromatic carbocycles. The summed E-state index contributed by atoms with van der Waals surface area (Å²) in [6.07, 6.45) is 9.60. The van der Waals surface area contributed by atoms with E-state index in [2.05, 4.69) is 18.7 Å². The van der Waals surface area contributed by atoms with Crippen LogP contribution >= 0.6 is 0 Å². The van der Waals surface area contributed by atoms with Gasteiger partial charge in [0.1, 0.15) is 0 Å². The average molecular weight is 270 g/mol. The number of rotatable bonds is 6. The molecule has 0 atom stereocenters. The first-order chi connectivity index (χ1) is 5.91. The maximum atomic E-state index is 8.25. The zero-order valence-electron chi connectivity index (χ0n) is 7.24. The second-order valence-electron chi connectivity index (χ2n) is 2.32. The van der Waals surface area contributed by atoms with Crippen LogP contribution in [-0.2, 0) is 0 Å². The Morgan fingerprint density at radius 3 is 2.92 bits per heavy atom. The van der Waals surface area contributed by atoms with Crippen molar-refractivity contribution in [2.75, 3.05) is 0 Å². The van der Waals surface area contributed by atoms with Crippen molar-refractivity contribution in [3.8, 4) is 6.07 Å². The van der Waals surface area contributed by atoms with Crippen LogP contribution in [0.2, 0.25) is 4.37 Å². The van der Waals surface area contributed by atoms with Gasteiger partial charge in [-0.3, -0.25) is 0 Å². The van der Waals surface area contributed by atoms with Gasteiger partial charge in [-0.15, -0.1) is 0 Å². The third-order valence-corrected chi connectivity index (χ3v) is 3.82. The molecule has 0 aromatic rings. The Morgan fingerprint density at radius 1 is 1.42 bits per heavy atom. The summed E-state index contributed by atoms with van der Waals surface area (Å²) in [4.78, 5) is 0. The quantitative estimate of drug-likeness (QED) is 0.413. The van der Waals surface area contributed by atoms with E-state index < -0.39 is 0 Å². The van der Waals surface area contributed by atoms with Gasteiger partial charge >= 0.3 is 84.9 Å². The van der Waals surface area contributed by atoms with Crippen molar-refractivity contribution in [2.24, 2.45) is 0 Å². The van der Waals surface area contributed by atoms with Gasteiger partial charge in [-0.05, 0) is 0 Å². The molecule has 0 unspecified atom stereocenters. The van der Waals surface area contributed by atoms with Crippen molar-refractivity contribution in [3.63, 3.8) is 0 Å². The number of nitrogens with zero attached hydrogens (tertiary/aromatic N) is 1. The normalized spacial score (nSPS) is 10.6. The van der Waals surface area contributed by atoms with Gasteiger partial charge < -0.3 is 0 Å². The van der Waals surface area contributed by atoms with Crippen LogP contribution in [0.15, 0.2) is 24.8 Å². The molecule has 0 heterocycles. The zero-order chi connectivity index (χ0) is 9.07. The number of allylic oxidation sites excluding steroid dienone is 3. The number of hydrogen-bond acceptors (Lipinski definition) is 1. The first kappa shape index (κ1) is 11.7. The molecule has 1 nitrogen and oxygen atoms in total. The Kier molecular flexibility index (Phi) is 10.4. The predicted molar refractivity (Wildman–Crippen MR) is 55.4 cm³/mol. The topological polar surface area (TPSA) is 23.8 Å². The first-order valence-corrected chi connectivity index (χ1v) is 7.35. The molecule has 2 heteroatoms. The van der Waals surface area contributed by atoms with Crippen molar-refractivity contribution in [1.29, 1.82) is 5.26 Å². The molecule has 0 amide bonds. The van der Waals surface area contributed by atoms with E-state index in [4.69, 9.17) is 5.26 Å². The van der Waals surface area contributed by atoms with Gasteiger partial charge in [0.2, 0.25) is 0 Å². The molecule has 12 heavy (non-hydrogen) atoms. The van der Waals surface area contributed by atoms with Crippen molar-refractivity contribution in [3.05, 3.63) is 24.8 Å². The van der Waals surface area contributed by atoms with Crippen molar-refractivity contribution in [2.45, 2.75) is 23.6 Å². The molecule has 0 bridgehead atoms. The monoisotopic (exact) mass is 269 g/mol. The summed E-state index contributed by atoms with van der Waals surface area (Å²) in [6.45, 7) is 3.60. The van der Waals surface area contributed by atoms with E-state index in [9.17, 15) is 0 Å². The SMILES string of the molecule is C=C/C=C/CCC[CH2][Sb]=[CH]C#N. The molecule has 64 valence electrons. The van der Waals surface area contributed by atoms with Gasteiger partial charge in [-0.25, -0.2) is 0 Å². The molecular weight excluding hydrogens is 256 g/mol. The maximum absolute atomic E-state index is 8.25. The molecule has 0 rings (SSSR count). The summed E-state index contributed by atoms with van der Waals surface area (Å²) in [7, 11) is 0. The van der Waals surface area contributed by atoms with Crippen LogP contribution in [-0.4, -0.2) is 25.1 Å². The van der Waals surface area contributed by atoms with E-state index in [0.29, 0.717) is 0 Å². The average Bonchev–Trinajstić information content (AvgIpc) is 2.10. The molecule has 0 saturated carbocycles. The van der Waals surface area contributed by atoms with E-state index >= 15 is 0 Å². The molecule has 0 aromatic heterocycles. The summed E-state index contributed by atoms with van der Waals surface area (Å²) in [5.74, 6) is 0. The molecule has 0 aliphatic carbocycles. The van der Waals surface area contributed by atoms with E-state index in [0.717, 1.165) is 6.42 Å². The summed E-state index contributed by atoms with van der Waals surface area (Å²) in [6, 6.07) is 2.09. The summed E-state index contributed by atoms with van der Waals surface area (Å²) in [5.41, 5.74) is 0. The van der Waals surface area contributed by atoms with Gasteiger partial charge in [-0.1, -0.05) is 0 Å². The van der Waals surface area contributed by atoms with Crippen LogP contribution in [0.25, 0.3) is 0 Å². The Hall–Kier alpha value is -0.342. The van der Waals surface area contributed by atoms with Crippen LogP contribution in [0, 0.1) is 11.3 Å². The van der Waals surface area contributed by atoms with Crippen LogP contribution in [0.4, 0.5) is 0 Å². The molecule has 0 saturated heterocycles. The second-order valence-corrected chi connectivity index (χ2v) is 5.38. The van der Waals surface area contributed by atoms with Gasteiger partial charge in [0, 0.05) is 0 Å². The molecule has 0 spiro atoms. The van der Waals surface area contributed by atoms with Crippen molar-refractivity contribution in [1.82, 2.24) is 0 Å².